The number of amides is 2. The summed E-state index contributed by atoms with van der Waals surface area (Å²) in [5, 5.41) is 2.73. The van der Waals surface area contributed by atoms with E-state index in [1.807, 2.05) is 13.0 Å². The Balaban J connectivity index is 1.58. The molecule has 0 aromatic carbocycles. The standard InChI is InChI=1S/C16H17F2N5O/c1-11-2-3-14(19-9-11)21-16(24)23-6-4-22(5-7-23)15-13(18)8-12(17)10-20-15/h2-3,8-10H,4-7H2,1H3,(H,19,21,24). The van der Waals surface area contributed by atoms with Gasteiger partial charge in [0.2, 0.25) is 0 Å². The molecule has 1 fully saturated rings. The first kappa shape index (κ1) is 16.1. The number of aryl methyl sites for hydroxylation is 1. The van der Waals surface area contributed by atoms with Crippen LogP contribution in [-0.4, -0.2) is 47.1 Å². The average molecular weight is 333 g/mol. The van der Waals surface area contributed by atoms with E-state index in [4.69, 9.17) is 0 Å². The number of nitrogens with zero attached hydrogens (tertiary/aromatic N) is 4. The molecule has 126 valence electrons. The zero-order valence-electron chi connectivity index (χ0n) is 13.2. The predicted octanol–water partition coefficient (Wildman–Crippen LogP) is 2.42. The lowest BCUT2D eigenvalue weighted by atomic mass is 10.3. The van der Waals surface area contributed by atoms with Crippen LogP contribution in [-0.2, 0) is 0 Å². The van der Waals surface area contributed by atoms with Gasteiger partial charge >= 0.3 is 6.03 Å². The molecule has 1 aliphatic heterocycles. The third-order valence-electron chi connectivity index (χ3n) is 3.80. The van der Waals surface area contributed by atoms with Crippen molar-refractivity contribution < 1.29 is 13.6 Å². The van der Waals surface area contributed by atoms with Crippen LogP contribution in [0.1, 0.15) is 5.56 Å². The molecule has 0 spiro atoms. The number of urea groups is 1. The molecule has 2 aromatic heterocycles. The van der Waals surface area contributed by atoms with Gasteiger partial charge in [-0.05, 0) is 18.6 Å². The normalized spacial score (nSPS) is 14.6. The number of piperazine rings is 1. The molecule has 24 heavy (non-hydrogen) atoms. The van der Waals surface area contributed by atoms with Crippen molar-refractivity contribution in [3.63, 3.8) is 0 Å². The van der Waals surface area contributed by atoms with Crippen LogP contribution in [0.25, 0.3) is 0 Å². The van der Waals surface area contributed by atoms with E-state index in [9.17, 15) is 13.6 Å². The molecule has 0 radical (unpaired) electrons. The minimum absolute atomic E-state index is 0.108. The summed E-state index contributed by atoms with van der Waals surface area (Å²) in [6.45, 7) is 3.58. The first-order valence-corrected chi connectivity index (χ1v) is 7.57. The molecule has 6 nitrogen and oxygen atoms in total. The van der Waals surface area contributed by atoms with E-state index in [0.717, 1.165) is 17.8 Å². The van der Waals surface area contributed by atoms with Crippen molar-refractivity contribution in [2.75, 3.05) is 36.4 Å². The molecule has 3 heterocycles. The molecule has 2 aromatic rings. The summed E-state index contributed by atoms with van der Waals surface area (Å²) in [7, 11) is 0. The summed E-state index contributed by atoms with van der Waals surface area (Å²) >= 11 is 0. The number of pyridine rings is 2. The van der Waals surface area contributed by atoms with Crippen molar-refractivity contribution in [2.24, 2.45) is 0 Å². The van der Waals surface area contributed by atoms with E-state index >= 15 is 0 Å². The third kappa shape index (κ3) is 3.58. The van der Waals surface area contributed by atoms with E-state index in [1.54, 1.807) is 22.1 Å². The van der Waals surface area contributed by atoms with Crippen LogP contribution in [0.4, 0.5) is 25.2 Å². The van der Waals surface area contributed by atoms with Crippen LogP contribution < -0.4 is 10.2 Å². The van der Waals surface area contributed by atoms with E-state index in [1.165, 1.54) is 0 Å². The molecule has 8 heteroatoms. The molecule has 1 N–H and O–H groups in total. The number of anilines is 2. The lowest BCUT2D eigenvalue weighted by Crippen LogP contribution is -2.50. The summed E-state index contributed by atoms with van der Waals surface area (Å²) < 4.78 is 26.7. The second-order valence-electron chi connectivity index (χ2n) is 5.58. The van der Waals surface area contributed by atoms with Gasteiger partial charge in [-0.15, -0.1) is 0 Å². The third-order valence-corrected chi connectivity index (χ3v) is 3.80. The molecule has 1 saturated heterocycles. The summed E-state index contributed by atoms with van der Waals surface area (Å²) in [5.41, 5.74) is 1.01. The van der Waals surface area contributed by atoms with Crippen LogP contribution in [0.15, 0.2) is 30.6 Å². The van der Waals surface area contributed by atoms with Gasteiger partial charge in [0, 0.05) is 38.4 Å². The van der Waals surface area contributed by atoms with Crippen LogP contribution >= 0.6 is 0 Å². The van der Waals surface area contributed by atoms with Crippen LogP contribution in [0.5, 0.6) is 0 Å². The fraction of sp³-hybridized carbons (Fsp3) is 0.312. The molecule has 2 amide bonds. The second kappa shape index (κ2) is 6.77. The van der Waals surface area contributed by atoms with Gasteiger partial charge in [0.25, 0.3) is 0 Å². The number of rotatable bonds is 2. The first-order chi connectivity index (χ1) is 11.5. The quantitative estimate of drug-likeness (QED) is 0.917. The highest BCUT2D eigenvalue weighted by Gasteiger charge is 2.24. The fourth-order valence-electron chi connectivity index (χ4n) is 2.49. The number of carbonyl (C=O) groups is 1. The molecular formula is C16H17F2N5O. The lowest BCUT2D eigenvalue weighted by Gasteiger charge is -2.35. The minimum Gasteiger partial charge on any atom is -0.351 e. The van der Waals surface area contributed by atoms with Crippen molar-refractivity contribution in [3.8, 4) is 0 Å². The smallest absolute Gasteiger partial charge is 0.323 e. The maximum atomic E-state index is 13.8. The predicted molar refractivity (Wildman–Crippen MR) is 85.9 cm³/mol. The Kier molecular flexibility index (Phi) is 4.54. The van der Waals surface area contributed by atoms with Gasteiger partial charge in [-0.2, -0.15) is 0 Å². The summed E-state index contributed by atoms with van der Waals surface area (Å²) in [5.74, 6) is -0.812. The number of hydrogen-bond acceptors (Lipinski definition) is 4. The van der Waals surface area contributed by atoms with Crippen molar-refractivity contribution in [1.82, 2.24) is 14.9 Å². The maximum Gasteiger partial charge on any atom is 0.323 e. The maximum absolute atomic E-state index is 13.8. The van der Waals surface area contributed by atoms with E-state index in [-0.39, 0.29) is 11.8 Å². The van der Waals surface area contributed by atoms with Crippen molar-refractivity contribution in [2.45, 2.75) is 6.92 Å². The Bertz CT molecular complexity index is 730. The molecule has 0 atom stereocenters. The molecule has 3 rings (SSSR count). The summed E-state index contributed by atoms with van der Waals surface area (Å²) in [6, 6.07) is 4.16. The van der Waals surface area contributed by atoms with Gasteiger partial charge in [0.1, 0.15) is 11.6 Å². The zero-order valence-corrected chi connectivity index (χ0v) is 13.2. The number of aromatic nitrogens is 2. The number of nitrogens with one attached hydrogen (secondary N) is 1. The van der Waals surface area contributed by atoms with Gasteiger partial charge in [0.15, 0.2) is 11.6 Å². The Hall–Kier alpha value is -2.77. The number of hydrogen-bond donors (Lipinski definition) is 1. The van der Waals surface area contributed by atoms with Gasteiger partial charge in [0.05, 0.1) is 6.20 Å². The van der Waals surface area contributed by atoms with Gasteiger partial charge in [-0.25, -0.2) is 23.5 Å². The van der Waals surface area contributed by atoms with Crippen LogP contribution in [0.3, 0.4) is 0 Å². The monoisotopic (exact) mass is 333 g/mol. The van der Waals surface area contributed by atoms with Crippen LogP contribution in [0, 0.1) is 18.6 Å². The first-order valence-electron chi connectivity index (χ1n) is 7.57. The summed E-state index contributed by atoms with van der Waals surface area (Å²) in [6.07, 6.45) is 2.66. The Labute approximate surface area is 138 Å². The molecule has 1 aliphatic rings. The minimum atomic E-state index is -0.708. The highest BCUT2D eigenvalue weighted by molar-refractivity contribution is 5.88. The van der Waals surface area contributed by atoms with Crippen molar-refractivity contribution in [3.05, 3.63) is 47.8 Å². The fourth-order valence-corrected chi connectivity index (χ4v) is 2.49. The van der Waals surface area contributed by atoms with E-state index in [0.29, 0.717) is 32.0 Å². The number of carbonyl (C=O) groups excluding carboxylic acids is 1. The highest BCUT2D eigenvalue weighted by Crippen LogP contribution is 2.18. The second-order valence-corrected chi connectivity index (χ2v) is 5.58. The highest BCUT2D eigenvalue weighted by atomic mass is 19.1. The molecule has 0 aliphatic carbocycles. The molecule has 0 bridgehead atoms. The number of halogens is 2. The topological polar surface area (TPSA) is 61.4 Å². The molecule has 0 unspecified atom stereocenters. The van der Waals surface area contributed by atoms with Gasteiger partial charge in [-0.3, -0.25) is 5.32 Å². The van der Waals surface area contributed by atoms with Gasteiger partial charge in [-0.1, -0.05) is 6.07 Å². The van der Waals surface area contributed by atoms with Crippen molar-refractivity contribution in [1.29, 1.82) is 0 Å². The largest absolute Gasteiger partial charge is 0.351 e. The Morgan fingerprint density at radius 2 is 1.88 bits per heavy atom. The average Bonchev–Trinajstić information content (AvgIpc) is 2.57. The SMILES string of the molecule is Cc1ccc(NC(=O)N2CCN(c3ncc(F)cc3F)CC2)nc1. The lowest BCUT2D eigenvalue weighted by molar-refractivity contribution is 0.208. The van der Waals surface area contributed by atoms with E-state index < -0.39 is 11.6 Å². The Morgan fingerprint density at radius 1 is 1.12 bits per heavy atom. The Morgan fingerprint density at radius 3 is 2.50 bits per heavy atom. The zero-order chi connectivity index (χ0) is 17.1. The van der Waals surface area contributed by atoms with E-state index in [2.05, 4.69) is 15.3 Å². The van der Waals surface area contributed by atoms with Gasteiger partial charge < -0.3 is 9.80 Å². The summed E-state index contributed by atoms with van der Waals surface area (Å²) in [4.78, 5) is 23.5. The molecular weight excluding hydrogens is 316 g/mol. The van der Waals surface area contributed by atoms with Crippen LogP contribution in [0.2, 0.25) is 0 Å². The van der Waals surface area contributed by atoms with Crippen molar-refractivity contribution >= 4 is 17.7 Å². The molecule has 0 saturated carbocycles.